The fourth-order valence-corrected chi connectivity index (χ4v) is 3.40. The van der Waals surface area contributed by atoms with E-state index in [9.17, 15) is 14.4 Å². The summed E-state index contributed by atoms with van der Waals surface area (Å²) in [6.45, 7) is 1.19. The molecule has 1 aliphatic heterocycles. The van der Waals surface area contributed by atoms with Crippen molar-refractivity contribution in [3.05, 3.63) is 59.9 Å². The topological polar surface area (TPSA) is 118 Å². The van der Waals surface area contributed by atoms with Crippen molar-refractivity contribution in [2.45, 2.75) is 12.6 Å². The van der Waals surface area contributed by atoms with Crippen LogP contribution >= 0.6 is 0 Å². The predicted octanol–water partition coefficient (Wildman–Crippen LogP) is 0.480. The summed E-state index contributed by atoms with van der Waals surface area (Å²) in [5.41, 5.74) is 6.29. The van der Waals surface area contributed by atoms with Gasteiger partial charge >= 0.3 is 0 Å². The summed E-state index contributed by atoms with van der Waals surface area (Å²) < 4.78 is 5.20. The zero-order valence-corrected chi connectivity index (χ0v) is 16.8. The van der Waals surface area contributed by atoms with E-state index in [1.807, 2.05) is 0 Å². The van der Waals surface area contributed by atoms with E-state index < -0.39 is 12.1 Å². The van der Waals surface area contributed by atoms with Crippen LogP contribution in [0.2, 0.25) is 0 Å². The molecule has 1 aliphatic rings. The van der Waals surface area contributed by atoms with E-state index in [0.29, 0.717) is 36.4 Å². The Balaban J connectivity index is 1.94. The number of ether oxygens (including phenoxy) is 1. The van der Waals surface area contributed by atoms with Gasteiger partial charge in [-0.1, -0.05) is 6.07 Å². The van der Waals surface area contributed by atoms with Gasteiger partial charge in [0.25, 0.3) is 17.7 Å². The van der Waals surface area contributed by atoms with Gasteiger partial charge < -0.3 is 25.6 Å². The van der Waals surface area contributed by atoms with Gasteiger partial charge in [0, 0.05) is 49.7 Å². The Morgan fingerprint density at radius 1 is 1.10 bits per heavy atom. The number of aromatic nitrogens is 1. The zero-order valence-electron chi connectivity index (χ0n) is 16.8. The third-order valence-corrected chi connectivity index (χ3v) is 4.83. The number of nitrogens with one attached hydrogen (secondary N) is 1. The average Bonchev–Trinajstić information content (AvgIpc) is 2.81. The minimum Gasteiger partial charge on any atom is -0.497 e. The van der Waals surface area contributed by atoms with Crippen LogP contribution in [0.1, 0.15) is 27.1 Å². The van der Waals surface area contributed by atoms with Gasteiger partial charge in [-0.2, -0.15) is 0 Å². The van der Waals surface area contributed by atoms with Crippen LogP contribution in [0.4, 0.5) is 0 Å². The van der Waals surface area contributed by atoms with Crippen LogP contribution in [-0.4, -0.2) is 72.0 Å². The Morgan fingerprint density at radius 2 is 1.77 bits per heavy atom. The lowest BCUT2D eigenvalue weighted by Gasteiger charge is -2.42. The Morgan fingerprint density at radius 3 is 2.40 bits per heavy atom. The van der Waals surface area contributed by atoms with Gasteiger partial charge in [-0.15, -0.1) is 0 Å². The second-order valence-corrected chi connectivity index (χ2v) is 6.77. The highest BCUT2D eigenvalue weighted by atomic mass is 16.5. The van der Waals surface area contributed by atoms with E-state index in [4.69, 9.17) is 10.5 Å². The molecule has 9 nitrogen and oxygen atoms in total. The molecule has 1 atom stereocenters. The van der Waals surface area contributed by atoms with E-state index in [1.165, 1.54) is 29.3 Å². The van der Waals surface area contributed by atoms with Crippen molar-refractivity contribution in [2.75, 3.05) is 33.3 Å². The molecular formula is C21H25N5O4. The number of nitrogens with two attached hydrogens (primary N) is 1. The lowest BCUT2D eigenvalue weighted by Crippen LogP contribution is -2.63. The molecule has 30 heavy (non-hydrogen) atoms. The van der Waals surface area contributed by atoms with E-state index in [-0.39, 0.29) is 24.9 Å². The van der Waals surface area contributed by atoms with Crippen molar-refractivity contribution in [3.8, 4) is 5.75 Å². The normalized spacial score (nSPS) is 16.1. The number of benzene rings is 1. The summed E-state index contributed by atoms with van der Waals surface area (Å²) >= 11 is 0. The van der Waals surface area contributed by atoms with Crippen molar-refractivity contribution in [3.63, 3.8) is 0 Å². The Bertz CT molecular complexity index is 905. The fourth-order valence-electron chi connectivity index (χ4n) is 3.40. The monoisotopic (exact) mass is 411 g/mol. The van der Waals surface area contributed by atoms with Gasteiger partial charge in [0.05, 0.1) is 7.11 Å². The SMILES string of the molecule is COc1cccc(C(=O)N2CCCN(C(=O)c3ccncc3)C2C(=O)NCCN)c1. The van der Waals surface area contributed by atoms with Gasteiger partial charge in [-0.3, -0.25) is 19.4 Å². The summed E-state index contributed by atoms with van der Waals surface area (Å²) in [5, 5.41) is 2.71. The van der Waals surface area contributed by atoms with Crippen LogP contribution in [0.15, 0.2) is 48.8 Å². The quantitative estimate of drug-likeness (QED) is 0.714. The molecule has 2 heterocycles. The number of carbonyl (C=O) groups excluding carboxylic acids is 3. The second kappa shape index (κ2) is 9.84. The summed E-state index contributed by atoms with van der Waals surface area (Å²) in [4.78, 5) is 46.2. The predicted molar refractivity (Wildman–Crippen MR) is 110 cm³/mol. The van der Waals surface area contributed by atoms with Crippen molar-refractivity contribution >= 4 is 17.7 Å². The third-order valence-electron chi connectivity index (χ3n) is 4.83. The van der Waals surface area contributed by atoms with E-state index >= 15 is 0 Å². The Kier molecular flexibility index (Phi) is 6.97. The van der Waals surface area contributed by atoms with Gasteiger partial charge in [0.15, 0.2) is 6.17 Å². The van der Waals surface area contributed by atoms with Crippen molar-refractivity contribution in [2.24, 2.45) is 5.73 Å². The first-order valence-electron chi connectivity index (χ1n) is 9.70. The molecular weight excluding hydrogens is 386 g/mol. The smallest absolute Gasteiger partial charge is 0.263 e. The summed E-state index contributed by atoms with van der Waals surface area (Å²) in [6, 6.07) is 9.88. The number of amides is 3. The molecule has 1 saturated heterocycles. The molecule has 0 bridgehead atoms. The molecule has 0 aliphatic carbocycles. The molecule has 0 radical (unpaired) electrons. The minimum atomic E-state index is -1.08. The van der Waals surface area contributed by atoms with Crippen LogP contribution in [0.3, 0.4) is 0 Å². The summed E-state index contributed by atoms with van der Waals surface area (Å²) in [7, 11) is 1.52. The van der Waals surface area contributed by atoms with Crippen LogP contribution in [-0.2, 0) is 4.79 Å². The first-order chi connectivity index (χ1) is 14.6. The van der Waals surface area contributed by atoms with Crippen LogP contribution in [0, 0.1) is 0 Å². The number of nitrogens with zero attached hydrogens (tertiary/aromatic N) is 3. The molecule has 0 spiro atoms. The van der Waals surface area contributed by atoms with Crippen molar-refractivity contribution in [1.29, 1.82) is 0 Å². The lowest BCUT2D eigenvalue weighted by molar-refractivity contribution is -0.132. The Labute approximate surface area is 174 Å². The molecule has 1 aromatic heterocycles. The van der Waals surface area contributed by atoms with E-state index in [0.717, 1.165) is 0 Å². The largest absolute Gasteiger partial charge is 0.497 e. The van der Waals surface area contributed by atoms with Gasteiger partial charge in [0.1, 0.15) is 5.75 Å². The molecule has 1 fully saturated rings. The number of pyridine rings is 1. The number of hydrogen-bond acceptors (Lipinski definition) is 6. The maximum Gasteiger partial charge on any atom is 0.263 e. The van der Waals surface area contributed by atoms with Crippen molar-refractivity contribution < 1.29 is 19.1 Å². The molecule has 158 valence electrons. The van der Waals surface area contributed by atoms with E-state index in [2.05, 4.69) is 10.3 Å². The molecule has 1 aromatic carbocycles. The summed E-state index contributed by atoms with van der Waals surface area (Å²) in [5.74, 6) is -0.604. The fraction of sp³-hybridized carbons (Fsp3) is 0.333. The van der Waals surface area contributed by atoms with Gasteiger partial charge in [-0.25, -0.2) is 0 Å². The first kappa shape index (κ1) is 21.3. The highest BCUT2D eigenvalue weighted by Crippen LogP contribution is 2.22. The zero-order chi connectivity index (χ0) is 21.5. The van der Waals surface area contributed by atoms with Crippen LogP contribution in [0.5, 0.6) is 5.75 Å². The number of carbonyl (C=O) groups is 3. The molecule has 9 heteroatoms. The Hall–Kier alpha value is -3.46. The number of methoxy groups -OCH3 is 1. The number of hydrogen-bond donors (Lipinski definition) is 2. The first-order valence-corrected chi connectivity index (χ1v) is 9.70. The van der Waals surface area contributed by atoms with Crippen molar-refractivity contribution in [1.82, 2.24) is 20.1 Å². The van der Waals surface area contributed by atoms with Gasteiger partial charge in [0.2, 0.25) is 0 Å². The standard InChI is InChI=1S/C21H25N5O4/c1-30-17-5-2-4-16(14-17)21(29)26-13-3-12-25(19(26)18(27)24-11-8-22)20(28)15-6-9-23-10-7-15/h2,4-7,9-10,14,19H,3,8,11-13,22H2,1H3,(H,24,27). The maximum absolute atomic E-state index is 13.3. The highest BCUT2D eigenvalue weighted by molar-refractivity contribution is 6.01. The molecule has 2 aromatic rings. The average molecular weight is 411 g/mol. The molecule has 0 saturated carbocycles. The molecule has 3 N–H and O–H groups in total. The molecule has 3 rings (SSSR count). The van der Waals surface area contributed by atoms with Crippen LogP contribution in [0.25, 0.3) is 0 Å². The molecule has 3 amide bonds. The maximum atomic E-state index is 13.3. The number of rotatable bonds is 6. The second-order valence-electron chi connectivity index (χ2n) is 6.77. The minimum absolute atomic E-state index is 0.244. The lowest BCUT2D eigenvalue weighted by atomic mass is 10.1. The molecule has 1 unspecified atom stereocenters. The third kappa shape index (κ3) is 4.57. The summed E-state index contributed by atoms with van der Waals surface area (Å²) in [6.07, 6.45) is 2.50. The highest BCUT2D eigenvalue weighted by Gasteiger charge is 2.40. The van der Waals surface area contributed by atoms with Crippen LogP contribution < -0.4 is 15.8 Å². The van der Waals surface area contributed by atoms with Gasteiger partial charge in [-0.05, 0) is 36.8 Å². The van der Waals surface area contributed by atoms with E-state index in [1.54, 1.807) is 36.4 Å².